The molecule has 110 valence electrons. The van der Waals surface area contributed by atoms with Crippen LogP contribution < -0.4 is 9.47 Å². The second kappa shape index (κ2) is 6.79. The summed E-state index contributed by atoms with van der Waals surface area (Å²) in [5.41, 5.74) is 1.65. The van der Waals surface area contributed by atoms with Crippen molar-refractivity contribution < 1.29 is 19.4 Å². The van der Waals surface area contributed by atoms with Crippen molar-refractivity contribution in [3.63, 3.8) is 0 Å². The summed E-state index contributed by atoms with van der Waals surface area (Å²) in [7, 11) is 3.16. The Morgan fingerprint density at radius 2 is 1.67 bits per heavy atom. The Morgan fingerprint density at radius 3 is 2.29 bits per heavy atom. The Labute approximate surface area is 123 Å². The maximum Gasteiger partial charge on any atom is 0.311 e. The molecule has 0 aliphatic rings. The minimum atomic E-state index is -0.855. The van der Waals surface area contributed by atoms with Crippen LogP contribution in [0, 0.1) is 0 Å². The Balaban J connectivity index is 2.28. The Kier molecular flexibility index (Phi) is 4.82. The van der Waals surface area contributed by atoms with Crippen LogP contribution in [0.5, 0.6) is 11.5 Å². The molecular weight excluding hydrogens is 268 g/mol. The van der Waals surface area contributed by atoms with Crippen molar-refractivity contribution in [2.24, 2.45) is 0 Å². The zero-order chi connectivity index (χ0) is 15.2. The molecule has 0 saturated heterocycles. The maximum absolute atomic E-state index is 11.6. The quantitative estimate of drug-likeness (QED) is 0.886. The van der Waals surface area contributed by atoms with Crippen molar-refractivity contribution in [2.45, 2.75) is 12.3 Å². The Hall–Kier alpha value is -2.49. The molecule has 0 aliphatic carbocycles. The van der Waals surface area contributed by atoms with Crippen LogP contribution in [0.15, 0.2) is 48.5 Å². The van der Waals surface area contributed by atoms with Gasteiger partial charge in [0.2, 0.25) is 0 Å². The number of hydrogen-bond acceptors (Lipinski definition) is 3. The van der Waals surface area contributed by atoms with Gasteiger partial charge in [0.1, 0.15) is 11.5 Å². The van der Waals surface area contributed by atoms with E-state index in [2.05, 4.69) is 0 Å². The van der Waals surface area contributed by atoms with Crippen molar-refractivity contribution in [1.82, 2.24) is 0 Å². The molecule has 0 unspecified atom stereocenters. The first-order chi connectivity index (χ1) is 10.1. The molecule has 2 aromatic rings. The second-order valence-corrected chi connectivity index (χ2v) is 4.72. The van der Waals surface area contributed by atoms with E-state index in [1.807, 2.05) is 30.3 Å². The van der Waals surface area contributed by atoms with Gasteiger partial charge in [-0.15, -0.1) is 0 Å². The fourth-order valence-electron chi connectivity index (χ4n) is 2.24. The van der Waals surface area contributed by atoms with E-state index < -0.39 is 11.9 Å². The van der Waals surface area contributed by atoms with Gasteiger partial charge >= 0.3 is 5.97 Å². The maximum atomic E-state index is 11.6. The first-order valence-corrected chi connectivity index (χ1v) is 6.63. The fraction of sp³-hybridized carbons (Fsp3) is 0.235. The van der Waals surface area contributed by atoms with E-state index in [1.165, 1.54) is 0 Å². The number of carboxylic acid groups (broad SMARTS) is 1. The zero-order valence-electron chi connectivity index (χ0n) is 12.1. The summed E-state index contributed by atoms with van der Waals surface area (Å²) in [5.74, 6) is -0.0926. The molecule has 1 atom stereocenters. The molecule has 4 nitrogen and oxygen atoms in total. The van der Waals surface area contributed by atoms with Crippen molar-refractivity contribution in [2.75, 3.05) is 14.2 Å². The highest BCUT2D eigenvalue weighted by molar-refractivity contribution is 5.76. The lowest BCUT2D eigenvalue weighted by Crippen LogP contribution is -2.14. The highest BCUT2D eigenvalue weighted by atomic mass is 16.5. The van der Waals surface area contributed by atoms with E-state index in [0.717, 1.165) is 16.9 Å². The summed E-state index contributed by atoms with van der Waals surface area (Å²) in [6.07, 6.45) is 0.402. The molecule has 0 bridgehead atoms. The van der Waals surface area contributed by atoms with Gasteiger partial charge in [0.15, 0.2) is 0 Å². The molecular formula is C17H18O4. The first kappa shape index (κ1) is 14.9. The third-order valence-corrected chi connectivity index (χ3v) is 3.37. The molecule has 0 aromatic heterocycles. The molecule has 4 heteroatoms. The number of carbonyl (C=O) groups is 1. The fourth-order valence-corrected chi connectivity index (χ4v) is 2.24. The van der Waals surface area contributed by atoms with Gasteiger partial charge < -0.3 is 14.6 Å². The number of methoxy groups -OCH3 is 2. The van der Waals surface area contributed by atoms with Gasteiger partial charge in [0.25, 0.3) is 0 Å². The molecule has 0 radical (unpaired) electrons. The van der Waals surface area contributed by atoms with Gasteiger partial charge in [-0.05, 0) is 41.8 Å². The lowest BCUT2D eigenvalue weighted by molar-refractivity contribution is -0.138. The average molecular weight is 286 g/mol. The molecule has 1 N–H and O–H groups in total. The number of ether oxygens (including phenoxy) is 2. The SMILES string of the molecule is COc1cccc(C[C@@H](C(=O)O)c2cccc(OC)c2)c1. The summed E-state index contributed by atoms with van der Waals surface area (Å²) in [6, 6.07) is 14.6. The van der Waals surface area contributed by atoms with Crippen molar-refractivity contribution >= 4 is 5.97 Å². The zero-order valence-corrected chi connectivity index (χ0v) is 12.1. The average Bonchev–Trinajstić information content (AvgIpc) is 2.52. The van der Waals surface area contributed by atoms with Crippen LogP contribution in [-0.4, -0.2) is 25.3 Å². The standard InChI is InChI=1S/C17H18O4/c1-20-14-7-3-5-12(9-14)10-16(17(18)19)13-6-4-8-15(11-13)21-2/h3-9,11,16H,10H2,1-2H3,(H,18,19)/t16-/m1/s1. The minimum Gasteiger partial charge on any atom is -0.497 e. The van der Waals surface area contributed by atoms with Crippen molar-refractivity contribution in [3.05, 3.63) is 59.7 Å². The number of rotatable bonds is 6. The highest BCUT2D eigenvalue weighted by Crippen LogP contribution is 2.26. The Bertz CT molecular complexity index is 622. The lowest BCUT2D eigenvalue weighted by atomic mass is 9.92. The largest absolute Gasteiger partial charge is 0.497 e. The van der Waals surface area contributed by atoms with E-state index >= 15 is 0 Å². The summed E-state index contributed by atoms with van der Waals surface area (Å²) in [6.45, 7) is 0. The third kappa shape index (κ3) is 3.75. The molecule has 21 heavy (non-hydrogen) atoms. The molecule has 0 aliphatic heterocycles. The van der Waals surface area contributed by atoms with Gasteiger partial charge in [0, 0.05) is 0 Å². The number of hydrogen-bond donors (Lipinski definition) is 1. The summed E-state index contributed by atoms with van der Waals surface area (Å²) in [5, 5.41) is 9.51. The summed E-state index contributed by atoms with van der Waals surface area (Å²) < 4.78 is 10.3. The van der Waals surface area contributed by atoms with Gasteiger partial charge in [-0.1, -0.05) is 24.3 Å². The normalized spacial score (nSPS) is 11.7. The van der Waals surface area contributed by atoms with Crippen LogP contribution in [0.25, 0.3) is 0 Å². The van der Waals surface area contributed by atoms with E-state index in [-0.39, 0.29) is 0 Å². The van der Waals surface area contributed by atoms with Crippen molar-refractivity contribution in [3.8, 4) is 11.5 Å². The van der Waals surface area contributed by atoms with Crippen LogP contribution >= 0.6 is 0 Å². The summed E-state index contributed by atoms with van der Waals surface area (Å²) in [4.78, 5) is 11.6. The molecule has 2 aromatic carbocycles. The highest BCUT2D eigenvalue weighted by Gasteiger charge is 2.21. The number of aliphatic carboxylic acids is 1. The molecule has 0 spiro atoms. The van der Waals surface area contributed by atoms with E-state index in [0.29, 0.717) is 12.2 Å². The van der Waals surface area contributed by atoms with Gasteiger partial charge in [0.05, 0.1) is 20.1 Å². The summed E-state index contributed by atoms with van der Waals surface area (Å²) >= 11 is 0. The van der Waals surface area contributed by atoms with Crippen LogP contribution in [0.4, 0.5) is 0 Å². The monoisotopic (exact) mass is 286 g/mol. The number of carboxylic acids is 1. The van der Waals surface area contributed by atoms with Crippen LogP contribution in [0.3, 0.4) is 0 Å². The first-order valence-electron chi connectivity index (χ1n) is 6.63. The van der Waals surface area contributed by atoms with E-state index in [9.17, 15) is 9.90 Å². The van der Waals surface area contributed by atoms with Gasteiger partial charge in [-0.3, -0.25) is 4.79 Å². The van der Waals surface area contributed by atoms with E-state index in [1.54, 1.807) is 32.4 Å². The predicted molar refractivity (Wildman–Crippen MR) is 80.1 cm³/mol. The van der Waals surface area contributed by atoms with Gasteiger partial charge in [-0.25, -0.2) is 0 Å². The minimum absolute atomic E-state index is 0.402. The van der Waals surface area contributed by atoms with E-state index in [4.69, 9.17) is 9.47 Å². The van der Waals surface area contributed by atoms with Crippen LogP contribution in [-0.2, 0) is 11.2 Å². The predicted octanol–water partition coefficient (Wildman–Crippen LogP) is 3.11. The topological polar surface area (TPSA) is 55.8 Å². The van der Waals surface area contributed by atoms with Crippen LogP contribution in [0.1, 0.15) is 17.0 Å². The van der Waals surface area contributed by atoms with Gasteiger partial charge in [-0.2, -0.15) is 0 Å². The van der Waals surface area contributed by atoms with Crippen LogP contribution in [0.2, 0.25) is 0 Å². The smallest absolute Gasteiger partial charge is 0.311 e. The Morgan fingerprint density at radius 1 is 1.05 bits per heavy atom. The molecule has 0 heterocycles. The lowest BCUT2D eigenvalue weighted by Gasteiger charge is -2.14. The molecule has 2 rings (SSSR count). The second-order valence-electron chi connectivity index (χ2n) is 4.72. The molecule has 0 saturated carbocycles. The van der Waals surface area contributed by atoms with Crippen molar-refractivity contribution in [1.29, 1.82) is 0 Å². The number of benzene rings is 2. The molecule has 0 fully saturated rings. The third-order valence-electron chi connectivity index (χ3n) is 3.37. The molecule has 0 amide bonds.